The number of benzene rings is 2. The van der Waals surface area contributed by atoms with Crippen LogP contribution in [0.15, 0.2) is 48.8 Å². The minimum atomic E-state index is 0.0512. The Morgan fingerprint density at radius 1 is 1.18 bits per heavy atom. The molecule has 1 aromatic heterocycles. The van der Waals surface area contributed by atoms with Crippen molar-refractivity contribution >= 4 is 11.6 Å². The Morgan fingerprint density at radius 2 is 2.05 bits per heavy atom. The third-order valence-corrected chi connectivity index (χ3v) is 4.23. The van der Waals surface area contributed by atoms with E-state index < -0.39 is 0 Å². The van der Waals surface area contributed by atoms with Crippen molar-refractivity contribution in [3.63, 3.8) is 0 Å². The van der Waals surface area contributed by atoms with E-state index in [0.29, 0.717) is 23.0 Å². The summed E-state index contributed by atoms with van der Waals surface area (Å²) in [5.74, 6) is 1.66. The molecule has 5 heteroatoms. The van der Waals surface area contributed by atoms with Gasteiger partial charge in [-0.2, -0.15) is 0 Å². The van der Waals surface area contributed by atoms with E-state index in [2.05, 4.69) is 4.98 Å². The zero-order valence-electron chi connectivity index (χ0n) is 11.7. The summed E-state index contributed by atoms with van der Waals surface area (Å²) in [6.07, 6.45) is 4.49. The number of halogens is 1. The molecule has 4 rings (SSSR count). The molecule has 0 aliphatic carbocycles. The van der Waals surface area contributed by atoms with Crippen LogP contribution in [0.4, 0.5) is 0 Å². The van der Waals surface area contributed by atoms with Gasteiger partial charge in [-0.1, -0.05) is 23.7 Å². The van der Waals surface area contributed by atoms with Crippen molar-refractivity contribution in [3.8, 4) is 28.6 Å². The molecule has 110 valence electrons. The SMILES string of the molecule is Oc1cccc(-c2nccn2-c2cccc3c2CCO3)c1Cl. The van der Waals surface area contributed by atoms with Crippen molar-refractivity contribution < 1.29 is 9.84 Å². The first-order chi connectivity index (χ1) is 10.8. The van der Waals surface area contributed by atoms with Gasteiger partial charge >= 0.3 is 0 Å². The van der Waals surface area contributed by atoms with Gasteiger partial charge < -0.3 is 9.84 Å². The minimum Gasteiger partial charge on any atom is -0.506 e. The Labute approximate surface area is 132 Å². The van der Waals surface area contributed by atoms with Crippen molar-refractivity contribution in [3.05, 3.63) is 59.4 Å². The fourth-order valence-electron chi connectivity index (χ4n) is 2.82. The molecule has 0 amide bonds. The average Bonchev–Trinajstić information content (AvgIpc) is 3.18. The lowest BCUT2D eigenvalue weighted by molar-refractivity contribution is 0.357. The van der Waals surface area contributed by atoms with Gasteiger partial charge in [-0.25, -0.2) is 4.98 Å². The molecule has 3 aromatic rings. The number of hydrogen-bond donors (Lipinski definition) is 1. The lowest BCUT2D eigenvalue weighted by Gasteiger charge is -2.12. The summed E-state index contributed by atoms with van der Waals surface area (Å²) in [4.78, 5) is 4.42. The summed E-state index contributed by atoms with van der Waals surface area (Å²) in [5, 5.41) is 10.1. The molecule has 0 radical (unpaired) electrons. The van der Waals surface area contributed by atoms with Crippen LogP contribution in [0.25, 0.3) is 17.1 Å². The van der Waals surface area contributed by atoms with E-state index in [1.54, 1.807) is 18.3 Å². The van der Waals surface area contributed by atoms with Crippen molar-refractivity contribution in [2.24, 2.45) is 0 Å². The van der Waals surface area contributed by atoms with Crippen LogP contribution in [-0.4, -0.2) is 21.3 Å². The molecule has 2 heterocycles. The zero-order valence-corrected chi connectivity index (χ0v) is 12.4. The van der Waals surface area contributed by atoms with E-state index in [0.717, 1.165) is 23.4 Å². The van der Waals surface area contributed by atoms with Crippen LogP contribution in [0.2, 0.25) is 5.02 Å². The molecule has 1 N–H and O–H groups in total. The van der Waals surface area contributed by atoms with Gasteiger partial charge in [-0.05, 0) is 24.3 Å². The normalized spacial score (nSPS) is 13.0. The van der Waals surface area contributed by atoms with E-state index in [9.17, 15) is 5.11 Å². The number of aromatic nitrogens is 2. The van der Waals surface area contributed by atoms with E-state index in [1.807, 2.05) is 35.0 Å². The molecular formula is C17H13ClN2O2. The Balaban J connectivity index is 1.92. The number of fused-ring (bicyclic) bond motifs is 1. The summed E-state index contributed by atoms with van der Waals surface area (Å²) in [7, 11) is 0. The van der Waals surface area contributed by atoms with Gasteiger partial charge in [0.2, 0.25) is 0 Å². The predicted octanol–water partition coefficient (Wildman–Crippen LogP) is 3.83. The second-order valence-electron chi connectivity index (χ2n) is 5.11. The Bertz CT molecular complexity index is 858. The van der Waals surface area contributed by atoms with Crippen LogP contribution in [0.3, 0.4) is 0 Å². The number of hydrogen-bond acceptors (Lipinski definition) is 3. The first-order valence-corrected chi connectivity index (χ1v) is 7.40. The highest BCUT2D eigenvalue weighted by molar-refractivity contribution is 6.34. The van der Waals surface area contributed by atoms with E-state index >= 15 is 0 Å². The van der Waals surface area contributed by atoms with Crippen LogP contribution < -0.4 is 4.74 Å². The van der Waals surface area contributed by atoms with Crippen LogP contribution in [0, 0.1) is 0 Å². The molecule has 22 heavy (non-hydrogen) atoms. The van der Waals surface area contributed by atoms with Crippen LogP contribution in [-0.2, 0) is 6.42 Å². The number of imidazole rings is 1. The molecule has 0 spiro atoms. The molecule has 0 fully saturated rings. The number of nitrogens with zero attached hydrogens (tertiary/aromatic N) is 2. The molecule has 1 aliphatic rings. The molecule has 1 aliphatic heterocycles. The van der Waals surface area contributed by atoms with Crippen LogP contribution >= 0.6 is 11.6 Å². The second-order valence-corrected chi connectivity index (χ2v) is 5.49. The zero-order chi connectivity index (χ0) is 15.1. The maximum atomic E-state index is 9.83. The van der Waals surface area contributed by atoms with E-state index in [-0.39, 0.29) is 5.75 Å². The van der Waals surface area contributed by atoms with Gasteiger partial charge in [0.25, 0.3) is 0 Å². The first kappa shape index (κ1) is 13.2. The quantitative estimate of drug-likeness (QED) is 0.782. The standard InChI is InChI=1S/C17H13ClN2O2/c18-16-12(3-1-5-14(16)21)17-19-8-9-20(17)13-4-2-6-15-11(13)7-10-22-15/h1-6,8-9,21H,7,10H2. The minimum absolute atomic E-state index is 0.0512. The number of phenols is 1. The Morgan fingerprint density at radius 3 is 2.95 bits per heavy atom. The maximum absolute atomic E-state index is 9.83. The van der Waals surface area contributed by atoms with Gasteiger partial charge in [-0.3, -0.25) is 4.57 Å². The monoisotopic (exact) mass is 312 g/mol. The maximum Gasteiger partial charge on any atom is 0.146 e. The lowest BCUT2D eigenvalue weighted by atomic mass is 10.1. The molecule has 0 saturated heterocycles. The van der Waals surface area contributed by atoms with Gasteiger partial charge in [0.05, 0.1) is 17.3 Å². The summed E-state index contributed by atoms with van der Waals surface area (Å²) >= 11 is 6.23. The average molecular weight is 313 g/mol. The highest BCUT2D eigenvalue weighted by Gasteiger charge is 2.20. The number of rotatable bonds is 2. The van der Waals surface area contributed by atoms with Crippen molar-refractivity contribution in [2.75, 3.05) is 6.61 Å². The topological polar surface area (TPSA) is 47.3 Å². The third-order valence-electron chi connectivity index (χ3n) is 3.84. The summed E-state index contributed by atoms with van der Waals surface area (Å²) in [5.41, 5.74) is 2.89. The van der Waals surface area contributed by atoms with Crippen LogP contribution in [0.1, 0.15) is 5.56 Å². The molecule has 0 bridgehead atoms. The third kappa shape index (κ3) is 1.96. The fraction of sp³-hybridized carbons (Fsp3) is 0.118. The number of aromatic hydroxyl groups is 1. The van der Waals surface area contributed by atoms with Gasteiger partial charge in [0.1, 0.15) is 17.3 Å². The molecule has 4 nitrogen and oxygen atoms in total. The van der Waals surface area contributed by atoms with Crippen molar-refractivity contribution in [2.45, 2.75) is 6.42 Å². The fourth-order valence-corrected chi connectivity index (χ4v) is 3.03. The van der Waals surface area contributed by atoms with Gasteiger partial charge in [0, 0.05) is 29.9 Å². The second kappa shape index (κ2) is 5.07. The van der Waals surface area contributed by atoms with E-state index in [4.69, 9.17) is 16.3 Å². The molecule has 0 saturated carbocycles. The van der Waals surface area contributed by atoms with Crippen molar-refractivity contribution in [1.82, 2.24) is 9.55 Å². The molecule has 0 atom stereocenters. The predicted molar refractivity (Wildman–Crippen MR) is 84.9 cm³/mol. The number of ether oxygens (including phenoxy) is 1. The summed E-state index contributed by atoms with van der Waals surface area (Å²) < 4.78 is 7.61. The number of phenolic OH excluding ortho intramolecular Hbond substituents is 1. The largest absolute Gasteiger partial charge is 0.506 e. The van der Waals surface area contributed by atoms with E-state index in [1.165, 1.54) is 0 Å². The van der Waals surface area contributed by atoms with Gasteiger partial charge in [0.15, 0.2) is 0 Å². The highest BCUT2D eigenvalue weighted by atomic mass is 35.5. The Kier molecular flexibility index (Phi) is 3.05. The van der Waals surface area contributed by atoms with Gasteiger partial charge in [-0.15, -0.1) is 0 Å². The smallest absolute Gasteiger partial charge is 0.146 e. The molecular weight excluding hydrogens is 300 g/mol. The summed E-state index contributed by atoms with van der Waals surface area (Å²) in [6.45, 7) is 0.698. The molecule has 0 unspecified atom stereocenters. The molecule has 2 aromatic carbocycles. The van der Waals surface area contributed by atoms with Crippen molar-refractivity contribution in [1.29, 1.82) is 0 Å². The summed E-state index contributed by atoms with van der Waals surface area (Å²) in [6, 6.07) is 11.1. The van der Waals surface area contributed by atoms with Crippen LogP contribution in [0.5, 0.6) is 11.5 Å². The first-order valence-electron chi connectivity index (χ1n) is 7.02. The lowest BCUT2D eigenvalue weighted by Crippen LogP contribution is -2.00. The Hall–Kier alpha value is -2.46. The highest BCUT2D eigenvalue weighted by Crippen LogP contribution is 2.37.